The van der Waals surface area contributed by atoms with Crippen LogP contribution in [0.2, 0.25) is 6.04 Å². The molecule has 2 N–H and O–H groups in total. The van der Waals surface area contributed by atoms with Crippen molar-refractivity contribution in [3.63, 3.8) is 0 Å². The molecule has 14 heavy (non-hydrogen) atoms. The van der Waals surface area contributed by atoms with Crippen molar-refractivity contribution < 1.29 is 13.0 Å². The van der Waals surface area contributed by atoms with Crippen molar-refractivity contribution in [2.24, 2.45) is 5.73 Å². The van der Waals surface area contributed by atoms with Gasteiger partial charge in [0.15, 0.2) is 0 Å². The lowest BCUT2D eigenvalue weighted by Crippen LogP contribution is -2.49. The van der Waals surface area contributed by atoms with Crippen LogP contribution in [-0.4, -0.2) is 38.5 Å². The van der Waals surface area contributed by atoms with Gasteiger partial charge in [0.1, 0.15) is 10.5 Å². The first-order chi connectivity index (χ1) is 6.39. The van der Waals surface area contributed by atoms with E-state index in [4.69, 9.17) is 18.7 Å². The fraction of sp³-hybridized carbons (Fsp3) is 1.00. The Hall–Kier alpha value is 0.274. The normalized spacial score (nSPS) is 16.9. The number of nitrogens with two attached hydrogens (primary N) is 1. The van der Waals surface area contributed by atoms with Gasteiger partial charge in [0.05, 0.1) is 5.60 Å². The molecular weight excluding hydrogens is 214 g/mol. The standard InChI is InChI=1S/C8H23NO3Si2/c1-8(2,3)11-14(10-4,12-13)7-5-6-9/h5-7,9H2,1-4,13H3. The van der Waals surface area contributed by atoms with Gasteiger partial charge in [0.2, 0.25) is 0 Å². The van der Waals surface area contributed by atoms with Crippen LogP contribution in [0.4, 0.5) is 0 Å². The summed E-state index contributed by atoms with van der Waals surface area (Å²) < 4.78 is 16.9. The molecule has 0 aromatic heterocycles. The highest BCUT2D eigenvalue weighted by molar-refractivity contribution is 6.63. The van der Waals surface area contributed by atoms with E-state index in [-0.39, 0.29) is 5.60 Å². The minimum Gasteiger partial charge on any atom is -0.424 e. The van der Waals surface area contributed by atoms with E-state index < -0.39 is 8.80 Å². The zero-order valence-electron chi connectivity index (χ0n) is 9.92. The molecule has 0 heterocycles. The molecule has 6 heteroatoms. The number of hydrogen-bond donors (Lipinski definition) is 1. The molecule has 0 fully saturated rings. The predicted molar refractivity (Wildman–Crippen MR) is 63.1 cm³/mol. The van der Waals surface area contributed by atoms with E-state index in [0.29, 0.717) is 17.0 Å². The average Bonchev–Trinajstić information content (AvgIpc) is 2.10. The lowest BCUT2D eigenvalue weighted by molar-refractivity contribution is 0.0356. The van der Waals surface area contributed by atoms with Gasteiger partial charge in [-0.3, -0.25) is 0 Å². The van der Waals surface area contributed by atoms with E-state index in [2.05, 4.69) is 0 Å². The first kappa shape index (κ1) is 14.3. The van der Waals surface area contributed by atoms with Gasteiger partial charge in [-0.15, -0.1) is 0 Å². The van der Waals surface area contributed by atoms with Crippen LogP contribution in [0.3, 0.4) is 0 Å². The van der Waals surface area contributed by atoms with E-state index in [1.54, 1.807) is 7.11 Å². The highest BCUT2D eigenvalue weighted by Crippen LogP contribution is 2.22. The van der Waals surface area contributed by atoms with Crippen LogP contribution in [0.5, 0.6) is 0 Å². The topological polar surface area (TPSA) is 53.7 Å². The van der Waals surface area contributed by atoms with Crippen LogP contribution in [-0.2, 0) is 13.0 Å². The second-order valence-electron chi connectivity index (χ2n) is 4.20. The Bertz CT molecular complexity index is 157. The molecular formula is C8H23NO3Si2. The number of hydrogen-bond acceptors (Lipinski definition) is 4. The summed E-state index contributed by atoms with van der Waals surface area (Å²) >= 11 is 0. The maximum absolute atomic E-state index is 5.90. The molecule has 0 aromatic carbocycles. The minimum atomic E-state index is -2.42. The first-order valence-electron chi connectivity index (χ1n) is 4.89. The second-order valence-corrected chi connectivity index (χ2v) is 8.31. The van der Waals surface area contributed by atoms with Crippen LogP contribution in [0.25, 0.3) is 0 Å². The van der Waals surface area contributed by atoms with Gasteiger partial charge in [-0.2, -0.15) is 0 Å². The Labute approximate surface area is 91.0 Å². The maximum Gasteiger partial charge on any atom is 0.490 e. The third kappa shape index (κ3) is 5.23. The molecule has 0 saturated carbocycles. The van der Waals surface area contributed by atoms with Gasteiger partial charge in [0.25, 0.3) is 0 Å². The molecule has 0 bridgehead atoms. The van der Waals surface area contributed by atoms with Crippen molar-refractivity contribution >= 4 is 19.3 Å². The molecule has 0 aliphatic heterocycles. The van der Waals surface area contributed by atoms with Crippen molar-refractivity contribution in [3.05, 3.63) is 0 Å². The molecule has 0 aliphatic rings. The molecule has 0 aliphatic carbocycles. The van der Waals surface area contributed by atoms with E-state index in [1.165, 1.54) is 0 Å². The molecule has 0 rings (SSSR count). The van der Waals surface area contributed by atoms with Crippen molar-refractivity contribution in [2.75, 3.05) is 13.7 Å². The van der Waals surface area contributed by atoms with Gasteiger partial charge >= 0.3 is 8.80 Å². The fourth-order valence-corrected chi connectivity index (χ4v) is 4.98. The third-order valence-corrected chi connectivity index (χ3v) is 6.77. The highest BCUT2D eigenvalue weighted by atomic mass is 28.4. The Kier molecular flexibility index (Phi) is 6.11. The fourth-order valence-electron chi connectivity index (χ4n) is 1.21. The molecule has 1 unspecified atom stereocenters. The van der Waals surface area contributed by atoms with Gasteiger partial charge in [-0.1, -0.05) is 0 Å². The monoisotopic (exact) mass is 237 g/mol. The Balaban J connectivity index is 4.36. The van der Waals surface area contributed by atoms with Gasteiger partial charge in [-0.25, -0.2) is 0 Å². The molecule has 0 spiro atoms. The number of rotatable bonds is 6. The Morgan fingerprint density at radius 1 is 1.36 bits per heavy atom. The largest absolute Gasteiger partial charge is 0.490 e. The quantitative estimate of drug-likeness (QED) is 0.663. The smallest absolute Gasteiger partial charge is 0.424 e. The summed E-state index contributed by atoms with van der Waals surface area (Å²) in [6, 6.07) is 0.806. The van der Waals surface area contributed by atoms with E-state index in [9.17, 15) is 0 Å². The molecule has 86 valence electrons. The zero-order chi connectivity index (χ0) is 11.2. The minimum absolute atomic E-state index is 0.221. The summed E-state index contributed by atoms with van der Waals surface area (Å²) in [6.45, 7) is 6.68. The third-order valence-electron chi connectivity index (χ3n) is 1.77. The SMILES string of the molecule is CO[Si](CCCN)(O[SiH3])OC(C)(C)C. The van der Waals surface area contributed by atoms with Gasteiger partial charge in [-0.05, 0) is 33.7 Å². The van der Waals surface area contributed by atoms with Gasteiger partial charge < -0.3 is 18.7 Å². The van der Waals surface area contributed by atoms with Crippen LogP contribution in [0.1, 0.15) is 27.2 Å². The predicted octanol–water partition coefficient (Wildman–Crippen LogP) is 0.0326. The summed E-state index contributed by atoms with van der Waals surface area (Å²) in [4.78, 5) is 0. The highest BCUT2D eigenvalue weighted by Gasteiger charge is 2.41. The summed E-state index contributed by atoms with van der Waals surface area (Å²) in [6.07, 6.45) is 0.887. The maximum atomic E-state index is 5.90. The average molecular weight is 237 g/mol. The zero-order valence-corrected chi connectivity index (χ0v) is 12.9. The summed E-state index contributed by atoms with van der Waals surface area (Å²) in [5.41, 5.74) is 5.25. The summed E-state index contributed by atoms with van der Waals surface area (Å²) in [7, 11) is -0.122. The molecule has 4 nitrogen and oxygen atoms in total. The van der Waals surface area contributed by atoms with Crippen LogP contribution >= 0.6 is 0 Å². The molecule has 0 saturated heterocycles. The van der Waals surface area contributed by atoms with Crippen molar-refractivity contribution in [1.29, 1.82) is 0 Å². The van der Waals surface area contributed by atoms with Crippen molar-refractivity contribution in [3.8, 4) is 0 Å². The first-order valence-corrected chi connectivity index (χ1v) is 7.64. The molecule has 0 aromatic rings. The van der Waals surface area contributed by atoms with E-state index in [0.717, 1.165) is 12.5 Å². The van der Waals surface area contributed by atoms with Crippen molar-refractivity contribution in [2.45, 2.75) is 38.8 Å². The molecule has 0 amide bonds. The molecule has 1 atom stereocenters. The van der Waals surface area contributed by atoms with Crippen LogP contribution < -0.4 is 5.73 Å². The van der Waals surface area contributed by atoms with E-state index >= 15 is 0 Å². The Morgan fingerprint density at radius 2 is 1.93 bits per heavy atom. The summed E-state index contributed by atoms with van der Waals surface area (Å²) in [5, 5.41) is 0. The van der Waals surface area contributed by atoms with E-state index in [1.807, 2.05) is 20.8 Å². The molecule has 0 radical (unpaired) electrons. The van der Waals surface area contributed by atoms with Crippen LogP contribution in [0.15, 0.2) is 0 Å². The Morgan fingerprint density at radius 3 is 2.21 bits per heavy atom. The van der Waals surface area contributed by atoms with Gasteiger partial charge in [0, 0.05) is 13.2 Å². The van der Waals surface area contributed by atoms with Crippen LogP contribution in [0, 0.1) is 0 Å². The van der Waals surface area contributed by atoms with Crippen molar-refractivity contribution in [1.82, 2.24) is 0 Å². The lowest BCUT2D eigenvalue weighted by Gasteiger charge is -2.34. The summed E-state index contributed by atoms with van der Waals surface area (Å²) in [5.74, 6) is 0. The second kappa shape index (κ2) is 5.99. The lowest BCUT2D eigenvalue weighted by atomic mass is 10.2.